The maximum Gasteiger partial charge on any atom is 4.00 e. The Balaban J connectivity index is 0. The molecule has 31 valence electrons. The van der Waals surface area contributed by atoms with Gasteiger partial charge in [0.2, 0.25) is 0 Å². The second-order valence-electron chi connectivity index (χ2n) is 0. The van der Waals surface area contributed by atoms with Crippen molar-refractivity contribution in [3.8, 4) is 0 Å². The quantitative estimate of drug-likeness (QED) is 0.428. The predicted octanol–water partition coefficient (Wildman–Crippen LogP) is -1.16. The van der Waals surface area contributed by atoms with Gasteiger partial charge in [-0.2, -0.15) is 0 Å². The fourth-order valence-electron chi connectivity index (χ4n) is 0. The molecule has 0 bridgehead atoms. The van der Waals surface area contributed by atoms with Crippen LogP contribution in [0.3, 0.4) is 0 Å². The predicted molar refractivity (Wildman–Crippen MR) is 9.92 cm³/mol. The van der Waals surface area contributed by atoms with Crippen molar-refractivity contribution in [1.29, 1.82) is 0 Å². The number of hydrogen-bond donors (Lipinski definition) is 0. The summed E-state index contributed by atoms with van der Waals surface area (Å²) < 4.78 is 0. The monoisotopic (exact) mass is 185 g/mol. The molecule has 0 saturated heterocycles. The Morgan fingerprint density at radius 2 is 0.800 bits per heavy atom. The van der Waals surface area contributed by atoms with Crippen LogP contribution in [0.5, 0.6) is 0 Å². The third-order valence-corrected chi connectivity index (χ3v) is 0. The van der Waals surface area contributed by atoms with E-state index in [9.17, 15) is 0 Å². The fourth-order valence-corrected chi connectivity index (χ4v) is 0. The summed E-state index contributed by atoms with van der Waals surface area (Å²) in [5, 5.41) is 0. The summed E-state index contributed by atoms with van der Waals surface area (Å²) in [6, 6.07) is 0. The van der Waals surface area contributed by atoms with Gasteiger partial charge >= 0.3 is 59.5 Å². The number of hydrogen-bond acceptors (Lipinski definition) is 0. The van der Waals surface area contributed by atoms with Crippen molar-refractivity contribution < 1.29 is 49.7 Å². The second-order valence-corrected chi connectivity index (χ2v) is 0. The normalized spacial score (nSPS) is 0. The van der Waals surface area contributed by atoms with Crippen molar-refractivity contribution in [3.63, 3.8) is 0 Å². The molecule has 0 heterocycles. The zero-order valence-corrected chi connectivity index (χ0v) is 4.12. The number of rotatable bonds is 0. The molecule has 0 unspecified atom stereocenters. The van der Waals surface area contributed by atoms with Gasteiger partial charge in [-0.25, -0.2) is 0 Å². The van der Waals surface area contributed by atoms with Gasteiger partial charge in [0.05, 0.1) is 0 Å². The summed E-state index contributed by atoms with van der Waals surface area (Å²) in [6.07, 6.45) is 0. The van der Waals surface area contributed by atoms with Crippen molar-refractivity contribution in [2.45, 2.75) is 0 Å². The molecule has 0 saturated carbocycles. The van der Waals surface area contributed by atoms with Gasteiger partial charge in [-0.15, -0.1) is 0 Å². The van der Waals surface area contributed by atoms with Crippen LogP contribution >= 0.6 is 0 Å². The minimum absolute atomic E-state index is 0. The van der Waals surface area contributed by atoms with Gasteiger partial charge in [-0.3, -0.25) is 0 Å². The minimum Gasteiger partial charge on any atom is -2.00 e. The van der Waals surface area contributed by atoms with Crippen LogP contribution < -0.4 is 0 Å². The standard InChI is InChI=1S/Ca.Cu.2O.Ti.2H/q;;2*-2;+4;;. The van der Waals surface area contributed by atoms with Gasteiger partial charge in [0.25, 0.3) is 0 Å². The fraction of sp³-hybridized carbons (Fsp3) is 0. The molecule has 0 aromatic carbocycles. The van der Waals surface area contributed by atoms with E-state index >= 15 is 0 Å². The molecular weight excluding hydrogens is 183 g/mol. The van der Waals surface area contributed by atoms with Crippen molar-refractivity contribution in [1.82, 2.24) is 0 Å². The van der Waals surface area contributed by atoms with E-state index in [1.165, 1.54) is 0 Å². The molecule has 0 atom stereocenters. The first kappa shape index (κ1) is 52.4. The molecular formula is H2CaCuO2Ti. The SMILES string of the molecule is [CaH2].[Cu].[O-2].[O-2].[Ti+4]. The van der Waals surface area contributed by atoms with E-state index in [4.69, 9.17) is 0 Å². The molecule has 0 rings (SSSR count). The Labute approximate surface area is 86.0 Å². The molecule has 5 heteroatoms. The van der Waals surface area contributed by atoms with Gasteiger partial charge in [-0.1, -0.05) is 0 Å². The molecule has 1 radical (unpaired) electrons. The summed E-state index contributed by atoms with van der Waals surface area (Å²) in [7, 11) is 0. The van der Waals surface area contributed by atoms with Crippen LogP contribution in [0, 0.1) is 0 Å². The first-order valence-electron chi connectivity index (χ1n) is 0. The van der Waals surface area contributed by atoms with Crippen LogP contribution in [-0.4, -0.2) is 37.7 Å². The van der Waals surface area contributed by atoms with E-state index in [-0.39, 0.29) is 87.5 Å². The molecule has 0 N–H and O–H groups in total. The average Bonchev–Trinajstić information content (AvgIpc) is 0. The molecule has 0 fully saturated rings. The first-order valence-corrected chi connectivity index (χ1v) is 0. The van der Waals surface area contributed by atoms with Crippen molar-refractivity contribution in [3.05, 3.63) is 0 Å². The molecule has 0 aliphatic rings. The molecule has 0 aliphatic carbocycles. The van der Waals surface area contributed by atoms with Crippen LogP contribution in [0.4, 0.5) is 0 Å². The van der Waals surface area contributed by atoms with Gasteiger partial charge in [-0.05, 0) is 0 Å². The molecule has 0 aliphatic heterocycles. The summed E-state index contributed by atoms with van der Waals surface area (Å²) in [6.45, 7) is 0. The summed E-state index contributed by atoms with van der Waals surface area (Å²) in [5.41, 5.74) is 0. The van der Waals surface area contributed by atoms with E-state index in [2.05, 4.69) is 0 Å². The maximum atomic E-state index is 0. The zero-order valence-electron chi connectivity index (χ0n) is 1.62. The molecule has 5 heavy (non-hydrogen) atoms. The molecule has 0 amide bonds. The third kappa shape index (κ3) is 21.4. The van der Waals surface area contributed by atoms with E-state index in [1.54, 1.807) is 0 Å². The van der Waals surface area contributed by atoms with Crippen LogP contribution in [0.25, 0.3) is 0 Å². The second kappa shape index (κ2) is 32.3. The van der Waals surface area contributed by atoms with Crippen molar-refractivity contribution >= 4 is 37.7 Å². The Kier molecular flexibility index (Phi) is 338. The minimum atomic E-state index is 0. The largest absolute Gasteiger partial charge is 4.00 e. The Morgan fingerprint density at radius 3 is 0.800 bits per heavy atom. The topological polar surface area (TPSA) is 57.0 Å². The van der Waals surface area contributed by atoms with Crippen LogP contribution in [0.1, 0.15) is 0 Å². The van der Waals surface area contributed by atoms with E-state index in [0.717, 1.165) is 0 Å². The zero-order chi connectivity index (χ0) is 0. The summed E-state index contributed by atoms with van der Waals surface area (Å²) in [4.78, 5) is 0. The average molecular weight is 186 g/mol. The van der Waals surface area contributed by atoms with E-state index in [1.807, 2.05) is 0 Å². The molecule has 0 aromatic rings. The Hall–Kier alpha value is 2.41. The van der Waals surface area contributed by atoms with Crippen LogP contribution in [0.2, 0.25) is 0 Å². The van der Waals surface area contributed by atoms with Gasteiger partial charge in [0.1, 0.15) is 0 Å². The van der Waals surface area contributed by atoms with Gasteiger partial charge < -0.3 is 11.0 Å². The molecule has 2 nitrogen and oxygen atoms in total. The maximum absolute atomic E-state index is 0. The first-order chi connectivity index (χ1) is 0. The molecule has 0 aromatic heterocycles. The van der Waals surface area contributed by atoms with E-state index < -0.39 is 0 Å². The van der Waals surface area contributed by atoms with Gasteiger partial charge in [0.15, 0.2) is 0 Å². The molecule has 0 spiro atoms. The van der Waals surface area contributed by atoms with Crippen LogP contribution in [0.15, 0.2) is 0 Å². The smallest absolute Gasteiger partial charge is 2.00 e. The summed E-state index contributed by atoms with van der Waals surface area (Å²) >= 11 is 0. The van der Waals surface area contributed by atoms with Crippen LogP contribution in [-0.2, 0) is 49.7 Å². The Bertz CT molecular complexity index is 9.61. The third-order valence-electron chi connectivity index (χ3n) is 0. The van der Waals surface area contributed by atoms with Crippen molar-refractivity contribution in [2.24, 2.45) is 0 Å². The van der Waals surface area contributed by atoms with E-state index in [0.29, 0.717) is 0 Å². The Morgan fingerprint density at radius 1 is 0.800 bits per heavy atom. The van der Waals surface area contributed by atoms with Gasteiger partial charge in [0, 0.05) is 17.1 Å². The summed E-state index contributed by atoms with van der Waals surface area (Å²) in [5.74, 6) is 0. The van der Waals surface area contributed by atoms with Crippen molar-refractivity contribution in [2.75, 3.05) is 0 Å².